The van der Waals surface area contributed by atoms with Crippen LogP contribution in [0.5, 0.6) is 0 Å². The molecule has 26 heavy (non-hydrogen) atoms. The summed E-state index contributed by atoms with van der Waals surface area (Å²) in [7, 11) is 0. The van der Waals surface area contributed by atoms with Gasteiger partial charge in [0.15, 0.2) is 0 Å². The molecule has 0 aliphatic rings. The van der Waals surface area contributed by atoms with Crippen LogP contribution in [0.1, 0.15) is 20.9 Å². The molecular formula is C20H17N3O2S. The van der Waals surface area contributed by atoms with E-state index in [1.54, 1.807) is 24.3 Å². The van der Waals surface area contributed by atoms with Crippen LogP contribution >= 0.6 is 11.3 Å². The number of carbonyl (C=O) groups is 1. The van der Waals surface area contributed by atoms with E-state index in [1.165, 1.54) is 11.3 Å². The van der Waals surface area contributed by atoms with Crippen LogP contribution in [0.2, 0.25) is 0 Å². The Morgan fingerprint density at radius 2 is 1.88 bits per heavy atom. The highest BCUT2D eigenvalue weighted by atomic mass is 32.1. The molecule has 0 saturated carbocycles. The Bertz CT molecular complexity index is 1070. The van der Waals surface area contributed by atoms with Gasteiger partial charge in [-0.15, -0.1) is 11.3 Å². The Morgan fingerprint density at radius 1 is 1.15 bits per heavy atom. The number of nitrogens with zero attached hydrogens (tertiary/aromatic N) is 2. The lowest BCUT2D eigenvalue weighted by Crippen LogP contribution is -2.10. The third-order valence-electron chi connectivity index (χ3n) is 4.16. The van der Waals surface area contributed by atoms with Crippen LogP contribution in [-0.4, -0.2) is 20.8 Å². The standard InChI is InChI=1S/C20H17N3O2S/c1-13-17-11-18(19(25)21-15-9-7-14(12-24)8-10-15)26-20(17)23(22-13)16-5-3-2-4-6-16/h2-11,24H,12H2,1H3,(H,21,25). The second-order valence-corrected chi connectivity index (χ2v) is 7.00. The monoisotopic (exact) mass is 363 g/mol. The van der Waals surface area contributed by atoms with Crippen molar-refractivity contribution in [3.63, 3.8) is 0 Å². The van der Waals surface area contributed by atoms with Crippen molar-refractivity contribution in [2.45, 2.75) is 13.5 Å². The molecule has 1 amide bonds. The quantitative estimate of drug-likeness (QED) is 0.573. The van der Waals surface area contributed by atoms with E-state index >= 15 is 0 Å². The molecule has 0 radical (unpaired) electrons. The predicted molar refractivity (Wildman–Crippen MR) is 104 cm³/mol. The molecule has 0 spiro atoms. The molecular weight excluding hydrogens is 346 g/mol. The van der Waals surface area contributed by atoms with Gasteiger partial charge < -0.3 is 10.4 Å². The van der Waals surface area contributed by atoms with Gasteiger partial charge in [0.05, 0.1) is 22.9 Å². The first kappa shape index (κ1) is 16.5. The maximum atomic E-state index is 12.6. The number of aromatic nitrogens is 2. The summed E-state index contributed by atoms with van der Waals surface area (Å²) < 4.78 is 1.88. The minimum atomic E-state index is -0.151. The smallest absolute Gasteiger partial charge is 0.265 e. The van der Waals surface area contributed by atoms with Gasteiger partial charge in [-0.05, 0) is 42.8 Å². The molecule has 2 aromatic heterocycles. The third-order valence-corrected chi connectivity index (χ3v) is 5.27. The fourth-order valence-electron chi connectivity index (χ4n) is 2.79. The molecule has 0 bridgehead atoms. The highest BCUT2D eigenvalue weighted by Gasteiger charge is 2.17. The number of aryl methyl sites for hydroxylation is 1. The summed E-state index contributed by atoms with van der Waals surface area (Å²) in [6, 6.07) is 18.9. The number of nitrogens with one attached hydrogen (secondary N) is 1. The van der Waals surface area contributed by atoms with Crippen LogP contribution in [0.15, 0.2) is 60.7 Å². The van der Waals surface area contributed by atoms with Crippen molar-refractivity contribution in [2.75, 3.05) is 5.32 Å². The molecule has 130 valence electrons. The van der Waals surface area contributed by atoms with Crippen molar-refractivity contribution in [1.29, 1.82) is 0 Å². The van der Waals surface area contributed by atoms with Gasteiger partial charge in [-0.3, -0.25) is 4.79 Å². The molecule has 0 aliphatic carbocycles. The lowest BCUT2D eigenvalue weighted by molar-refractivity contribution is 0.103. The van der Waals surface area contributed by atoms with E-state index in [0.717, 1.165) is 27.2 Å². The molecule has 0 fully saturated rings. The molecule has 2 N–H and O–H groups in total. The summed E-state index contributed by atoms with van der Waals surface area (Å²) in [6.07, 6.45) is 0. The van der Waals surface area contributed by atoms with Crippen LogP contribution in [0.4, 0.5) is 5.69 Å². The van der Waals surface area contributed by atoms with Gasteiger partial charge in [0.25, 0.3) is 5.91 Å². The first-order valence-electron chi connectivity index (χ1n) is 8.21. The zero-order chi connectivity index (χ0) is 18.1. The molecule has 0 aliphatic heterocycles. The highest BCUT2D eigenvalue weighted by Crippen LogP contribution is 2.30. The number of aliphatic hydroxyl groups excluding tert-OH is 1. The number of thiophene rings is 1. The second kappa shape index (κ2) is 6.74. The third kappa shape index (κ3) is 3.00. The van der Waals surface area contributed by atoms with Crippen molar-refractivity contribution in [3.05, 3.63) is 76.8 Å². The number of carbonyl (C=O) groups excluding carboxylic acids is 1. The Labute approximate surface area is 154 Å². The summed E-state index contributed by atoms with van der Waals surface area (Å²) in [5.41, 5.74) is 3.37. The van der Waals surface area contributed by atoms with Crippen molar-refractivity contribution in [3.8, 4) is 5.69 Å². The maximum Gasteiger partial charge on any atom is 0.265 e. The van der Waals surface area contributed by atoms with E-state index < -0.39 is 0 Å². The number of aliphatic hydroxyl groups is 1. The Hall–Kier alpha value is -2.96. The van der Waals surface area contributed by atoms with Crippen LogP contribution in [0.3, 0.4) is 0 Å². The first-order valence-corrected chi connectivity index (χ1v) is 9.03. The molecule has 4 rings (SSSR count). The molecule has 0 atom stereocenters. The number of hydrogen-bond acceptors (Lipinski definition) is 4. The van der Waals surface area contributed by atoms with Gasteiger partial charge in [-0.25, -0.2) is 4.68 Å². The van der Waals surface area contributed by atoms with Crippen molar-refractivity contribution >= 4 is 33.1 Å². The minimum Gasteiger partial charge on any atom is -0.392 e. The van der Waals surface area contributed by atoms with Gasteiger partial charge in [-0.2, -0.15) is 5.10 Å². The van der Waals surface area contributed by atoms with E-state index in [2.05, 4.69) is 10.4 Å². The summed E-state index contributed by atoms with van der Waals surface area (Å²) >= 11 is 1.42. The zero-order valence-electron chi connectivity index (χ0n) is 14.1. The molecule has 2 heterocycles. The molecule has 0 saturated heterocycles. The summed E-state index contributed by atoms with van der Waals surface area (Å²) in [5, 5.41) is 17.6. The van der Waals surface area contributed by atoms with E-state index in [-0.39, 0.29) is 12.5 Å². The molecule has 5 nitrogen and oxygen atoms in total. The van der Waals surface area contributed by atoms with Gasteiger partial charge in [0.2, 0.25) is 0 Å². The minimum absolute atomic E-state index is 0.0141. The summed E-state index contributed by atoms with van der Waals surface area (Å²) in [6.45, 7) is 1.93. The van der Waals surface area contributed by atoms with E-state index in [4.69, 9.17) is 5.11 Å². The fourth-order valence-corrected chi connectivity index (χ4v) is 3.87. The first-order chi connectivity index (χ1) is 12.7. The van der Waals surface area contributed by atoms with E-state index in [0.29, 0.717) is 10.6 Å². The summed E-state index contributed by atoms with van der Waals surface area (Å²) in [5.74, 6) is -0.151. The SMILES string of the molecule is Cc1nn(-c2ccccc2)c2sc(C(=O)Nc3ccc(CO)cc3)cc12. The number of fused-ring (bicyclic) bond motifs is 1. The topological polar surface area (TPSA) is 67.2 Å². The fraction of sp³-hybridized carbons (Fsp3) is 0.100. The normalized spacial score (nSPS) is 11.0. The number of amides is 1. The molecule has 6 heteroatoms. The van der Waals surface area contributed by atoms with Crippen LogP contribution in [0, 0.1) is 6.92 Å². The number of benzene rings is 2. The molecule has 2 aromatic carbocycles. The number of anilines is 1. The summed E-state index contributed by atoms with van der Waals surface area (Å²) in [4.78, 5) is 14.2. The van der Waals surface area contributed by atoms with Crippen molar-refractivity contribution in [2.24, 2.45) is 0 Å². The van der Waals surface area contributed by atoms with E-state index in [1.807, 2.05) is 48.0 Å². The Morgan fingerprint density at radius 3 is 2.58 bits per heavy atom. The molecule has 0 unspecified atom stereocenters. The van der Waals surface area contributed by atoms with Gasteiger partial charge >= 0.3 is 0 Å². The van der Waals surface area contributed by atoms with Gasteiger partial charge in [0.1, 0.15) is 4.83 Å². The van der Waals surface area contributed by atoms with Crippen molar-refractivity contribution < 1.29 is 9.90 Å². The van der Waals surface area contributed by atoms with Gasteiger partial charge in [0, 0.05) is 11.1 Å². The lowest BCUT2D eigenvalue weighted by atomic mass is 10.2. The number of hydrogen-bond donors (Lipinski definition) is 2. The average molecular weight is 363 g/mol. The van der Waals surface area contributed by atoms with Crippen molar-refractivity contribution in [1.82, 2.24) is 9.78 Å². The number of rotatable bonds is 4. The van der Waals surface area contributed by atoms with E-state index in [9.17, 15) is 4.79 Å². The van der Waals surface area contributed by atoms with Gasteiger partial charge in [-0.1, -0.05) is 30.3 Å². The highest BCUT2D eigenvalue weighted by molar-refractivity contribution is 7.20. The number of para-hydroxylation sites is 1. The predicted octanol–water partition coefficient (Wildman–Crippen LogP) is 4.14. The molecule has 4 aromatic rings. The maximum absolute atomic E-state index is 12.6. The lowest BCUT2D eigenvalue weighted by Gasteiger charge is -2.04. The average Bonchev–Trinajstić information content (AvgIpc) is 3.24. The van der Waals surface area contributed by atoms with Crippen LogP contribution < -0.4 is 5.32 Å². The van der Waals surface area contributed by atoms with Crippen LogP contribution in [0.25, 0.3) is 15.9 Å². The zero-order valence-corrected chi connectivity index (χ0v) is 15.0. The Kier molecular flexibility index (Phi) is 4.28. The largest absolute Gasteiger partial charge is 0.392 e. The van der Waals surface area contributed by atoms with Crippen LogP contribution in [-0.2, 0) is 6.61 Å². The second-order valence-electron chi connectivity index (χ2n) is 5.97. The Balaban J connectivity index is 1.65.